The van der Waals surface area contributed by atoms with Gasteiger partial charge in [0.1, 0.15) is 0 Å². The van der Waals surface area contributed by atoms with Gasteiger partial charge in [-0.25, -0.2) is 4.79 Å². The van der Waals surface area contributed by atoms with Gasteiger partial charge in [0.25, 0.3) is 0 Å². The molecule has 2 amide bonds. The van der Waals surface area contributed by atoms with E-state index in [1.54, 1.807) is 37.2 Å². The number of carbonyl (C=O) groups is 1. The van der Waals surface area contributed by atoms with E-state index in [4.69, 9.17) is 0 Å². The van der Waals surface area contributed by atoms with Crippen LogP contribution in [0.4, 0.5) is 4.79 Å². The van der Waals surface area contributed by atoms with Crippen LogP contribution in [0, 0.1) is 0 Å². The van der Waals surface area contributed by atoms with Crippen molar-refractivity contribution < 1.29 is 4.79 Å². The maximum atomic E-state index is 12.7. The Bertz CT molecular complexity index is 645. The number of nitrogens with zero attached hydrogens (tertiary/aromatic N) is 10. The second-order valence-electron chi connectivity index (χ2n) is 4.09. The molecule has 0 unspecified atom stereocenters. The van der Waals surface area contributed by atoms with E-state index in [0.717, 1.165) is 0 Å². The smallest absolute Gasteiger partial charge is 0.268 e. The lowest BCUT2D eigenvalue weighted by Gasteiger charge is -2.32. The number of hydrazine groups is 4. The minimum atomic E-state index is -0.395. The second-order valence-corrected chi connectivity index (χ2v) is 4.09. The minimum Gasteiger partial charge on any atom is -0.268 e. The summed E-state index contributed by atoms with van der Waals surface area (Å²) in [6, 6.07) is -0.395. The van der Waals surface area contributed by atoms with Gasteiger partial charge in [-0.1, -0.05) is 10.5 Å². The standard InChI is InChI=1S/C9H10N12O/c22-9(16-5-3-12-20(16)18-7-1-10-14-18)17-6-4-13-21(17)19-8-2-11-15-19/h1-8,12-13H. The molecule has 112 valence electrons. The molecule has 0 aromatic carbocycles. The van der Waals surface area contributed by atoms with E-state index in [-0.39, 0.29) is 0 Å². The number of hydrogen-bond donors (Lipinski definition) is 2. The SMILES string of the molecule is O=C(N1C=CNN1n1ccnn1)N1C=CNN1n1ccnn1. The number of carbonyl (C=O) groups excluding carboxylic acids is 1. The van der Waals surface area contributed by atoms with Crippen molar-refractivity contribution in [2.75, 3.05) is 10.5 Å². The molecule has 0 aliphatic carbocycles. The van der Waals surface area contributed by atoms with Gasteiger partial charge in [0, 0.05) is 12.4 Å². The first kappa shape index (κ1) is 12.0. The van der Waals surface area contributed by atoms with E-state index in [1.165, 1.54) is 42.4 Å². The number of hydrogen-bond acceptors (Lipinski definition) is 9. The average molecular weight is 302 g/mol. The van der Waals surface area contributed by atoms with Crippen LogP contribution in [0.3, 0.4) is 0 Å². The third-order valence-electron chi connectivity index (χ3n) is 2.82. The van der Waals surface area contributed by atoms with Crippen molar-refractivity contribution in [2.45, 2.75) is 0 Å². The van der Waals surface area contributed by atoms with Crippen molar-refractivity contribution in [1.29, 1.82) is 0 Å². The van der Waals surface area contributed by atoms with E-state index in [0.29, 0.717) is 0 Å². The molecule has 4 rings (SSSR count). The first-order valence-corrected chi connectivity index (χ1v) is 6.16. The molecule has 2 aliphatic heterocycles. The summed E-state index contributed by atoms with van der Waals surface area (Å²) in [7, 11) is 0. The molecule has 2 aliphatic rings. The van der Waals surface area contributed by atoms with Crippen molar-refractivity contribution >= 4 is 6.03 Å². The highest BCUT2D eigenvalue weighted by molar-refractivity contribution is 5.78. The lowest BCUT2D eigenvalue weighted by molar-refractivity contribution is 0.149. The third kappa shape index (κ3) is 1.76. The molecule has 13 heteroatoms. The summed E-state index contributed by atoms with van der Waals surface area (Å²) in [5.74, 6) is 0. The first-order chi connectivity index (χ1) is 10.8. The zero-order valence-corrected chi connectivity index (χ0v) is 11.0. The Morgan fingerprint density at radius 3 is 1.73 bits per heavy atom. The second kappa shape index (κ2) is 4.65. The van der Waals surface area contributed by atoms with Gasteiger partial charge in [-0.05, 0) is 10.4 Å². The molecule has 0 saturated carbocycles. The van der Waals surface area contributed by atoms with E-state index in [9.17, 15) is 4.79 Å². The molecule has 0 atom stereocenters. The molecule has 0 fully saturated rings. The predicted molar refractivity (Wildman–Crippen MR) is 70.1 cm³/mol. The molecule has 2 N–H and O–H groups in total. The number of urea groups is 1. The van der Waals surface area contributed by atoms with Crippen molar-refractivity contribution in [1.82, 2.24) is 51.1 Å². The fraction of sp³-hybridized carbons (Fsp3) is 0. The Balaban J connectivity index is 1.58. The van der Waals surface area contributed by atoms with E-state index in [2.05, 4.69) is 31.5 Å². The molecule has 13 nitrogen and oxygen atoms in total. The third-order valence-corrected chi connectivity index (χ3v) is 2.82. The Morgan fingerprint density at radius 2 is 1.32 bits per heavy atom. The minimum absolute atomic E-state index is 0.395. The van der Waals surface area contributed by atoms with Gasteiger partial charge < -0.3 is 0 Å². The molecule has 2 aromatic rings. The highest BCUT2D eigenvalue weighted by atomic mass is 16.2. The highest BCUT2D eigenvalue weighted by Crippen LogP contribution is 2.11. The highest BCUT2D eigenvalue weighted by Gasteiger charge is 2.33. The number of nitrogens with one attached hydrogen (secondary N) is 2. The van der Waals surface area contributed by atoms with Crippen LogP contribution in [0.25, 0.3) is 0 Å². The van der Waals surface area contributed by atoms with Crippen molar-refractivity contribution in [3.05, 3.63) is 49.6 Å². The predicted octanol–water partition coefficient (Wildman–Crippen LogP) is -2.02. The zero-order chi connectivity index (χ0) is 14.9. The summed E-state index contributed by atoms with van der Waals surface area (Å²) in [6.07, 6.45) is 12.5. The monoisotopic (exact) mass is 302 g/mol. The number of rotatable bonds is 2. The molecule has 0 bridgehead atoms. The Kier molecular flexibility index (Phi) is 2.54. The van der Waals surface area contributed by atoms with Crippen LogP contribution < -0.4 is 21.3 Å². The largest absolute Gasteiger partial charge is 0.371 e. The van der Waals surface area contributed by atoms with Crippen molar-refractivity contribution in [3.63, 3.8) is 0 Å². The Hall–Kier alpha value is -3.77. The van der Waals surface area contributed by atoms with Crippen LogP contribution >= 0.6 is 0 Å². The summed E-state index contributed by atoms with van der Waals surface area (Å²) in [5, 5.41) is 20.4. The zero-order valence-electron chi connectivity index (χ0n) is 11.0. The molecule has 0 spiro atoms. The van der Waals surface area contributed by atoms with Crippen LogP contribution in [-0.2, 0) is 0 Å². The molecular weight excluding hydrogens is 292 g/mol. The van der Waals surface area contributed by atoms with E-state index in [1.807, 2.05) is 0 Å². The van der Waals surface area contributed by atoms with Gasteiger partial charge in [0.2, 0.25) is 0 Å². The van der Waals surface area contributed by atoms with E-state index >= 15 is 0 Å². The first-order valence-electron chi connectivity index (χ1n) is 6.16. The summed E-state index contributed by atoms with van der Waals surface area (Å²) in [4.78, 5) is 15.5. The molecule has 4 heterocycles. The fourth-order valence-electron chi connectivity index (χ4n) is 1.91. The summed E-state index contributed by atoms with van der Waals surface area (Å²) in [5.41, 5.74) is 5.71. The molecule has 2 aromatic heterocycles. The molecule has 0 radical (unpaired) electrons. The van der Waals surface area contributed by atoms with Crippen LogP contribution in [0.15, 0.2) is 49.6 Å². The van der Waals surface area contributed by atoms with Gasteiger partial charge in [-0.15, -0.1) is 19.8 Å². The Labute approximate surface area is 123 Å². The summed E-state index contributed by atoms with van der Waals surface area (Å²) in [6.45, 7) is 0. The van der Waals surface area contributed by atoms with Crippen LogP contribution in [0.2, 0.25) is 0 Å². The van der Waals surface area contributed by atoms with Gasteiger partial charge in [0.05, 0.1) is 37.2 Å². The van der Waals surface area contributed by atoms with E-state index < -0.39 is 6.03 Å². The van der Waals surface area contributed by atoms with Crippen LogP contribution in [-0.4, -0.2) is 46.3 Å². The topological polar surface area (TPSA) is 116 Å². The Morgan fingerprint density at radius 1 is 0.818 bits per heavy atom. The summed E-state index contributed by atoms with van der Waals surface area (Å²) >= 11 is 0. The average Bonchev–Trinajstić information content (AvgIpc) is 3.35. The molecule has 0 saturated heterocycles. The van der Waals surface area contributed by atoms with Gasteiger partial charge >= 0.3 is 6.03 Å². The number of aromatic nitrogens is 6. The van der Waals surface area contributed by atoms with Crippen LogP contribution in [0.1, 0.15) is 0 Å². The van der Waals surface area contributed by atoms with Crippen molar-refractivity contribution in [2.24, 2.45) is 0 Å². The fourth-order valence-corrected chi connectivity index (χ4v) is 1.91. The van der Waals surface area contributed by atoms with Crippen LogP contribution in [0.5, 0.6) is 0 Å². The van der Waals surface area contributed by atoms with Gasteiger partial charge in [0.15, 0.2) is 0 Å². The lowest BCUT2D eigenvalue weighted by atomic mass is 10.7. The normalized spacial score (nSPS) is 16.4. The maximum Gasteiger partial charge on any atom is 0.371 e. The van der Waals surface area contributed by atoms with Gasteiger partial charge in [-0.2, -0.15) is 10.0 Å². The van der Waals surface area contributed by atoms with Gasteiger partial charge in [-0.3, -0.25) is 10.9 Å². The lowest BCUT2D eigenvalue weighted by Crippen LogP contribution is -2.60. The molecule has 22 heavy (non-hydrogen) atoms. The number of amides is 2. The maximum absolute atomic E-state index is 12.7. The van der Waals surface area contributed by atoms with Crippen molar-refractivity contribution in [3.8, 4) is 0 Å². The summed E-state index contributed by atoms with van der Waals surface area (Å²) < 4.78 is 0. The molecular formula is C9H10N12O. The quantitative estimate of drug-likeness (QED) is 0.648.